The van der Waals surface area contributed by atoms with Crippen LogP contribution in [-0.2, 0) is 5.41 Å². The highest BCUT2D eigenvalue weighted by Gasteiger charge is 2.18. The standard InChI is InChI=1S/C17H20N2O/c1-12-8-14(11-18-9-12)19-10-13-6-5-7-15(16(13)20)17(2,3)4/h5-11,20H,1-4H3. The van der Waals surface area contributed by atoms with Crippen LogP contribution in [0.25, 0.3) is 0 Å². The number of aryl methyl sites for hydroxylation is 1. The van der Waals surface area contributed by atoms with E-state index in [0.717, 1.165) is 22.4 Å². The van der Waals surface area contributed by atoms with E-state index in [1.54, 1.807) is 18.6 Å². The Balaban J connectivity index is 2.35. The molecule has 1 aromatic heterocycles. The lowest BCUT2D eigenvalue weighted by molar-refractivity contribution is 0.446. The molecule has 0 spiro atoms. The van der Waals surface area contributed by atoms with Gasteiger partial charge in [0.05, 0.1) is 11.9 Å². The van der Waals surface area contributed by atoms with Crippen molar-refractivity contribution in [3.05, 3.63) is 53.3 Å². The fourth-order valence-electron chi connectivity index (χ4n) is 2.02. The van der Waals surface area contributed by atoms with Crippen LogP contribution in [0, 0.1) is 6.92 Å². The molecule has 3 nitrogen and oxygen atoms in total. The van der Waals surface area contributed by atoms with Gasteiger partial charge in [0.2, 0.25) is 0 Å². The molecule has 3 heteroatoms. The fraction of sp³-hybridized carbons (Fsp3) is 0.294. The van der Waals surface area contributed by atoms with Crippen molar-refractivity contribution in [2.75, 3.05) is 0 Å². The van der Waals surface area contributed by atoms with Crippen molar-refractivity contribution in [1.82, 2.24) is 4.98 Å². The van der Waals surface area contributed by atoms with E-state index in [-0.39, 0.29) is 5.41 Å². The Kier molecular flexibility index (Phi) is 3.89. The number of benzene rings is 1. The van der Waals surface area contributed by atoms with Gasteiger partial charge in [0.1, 0.15) is 5.75 Å². The number of hydrogen-bond donors (Lipinski definition) is 1. The average Bonchev–Trinajstić information content (AvgIpc) is 2.36. The van der Waals surface area contributed by atoms with Gasteiger partial charge in [-0.25, -0.2) is 0 Å². The van der Waals surface area contributed by atoms with Crippen LogP contribution < -0.4 is 0 Å². The summed E-state index contributed by atoms with van der Waals surface area (Å²) in [4.78, 5) is 8.47. The van der Waals surface area contributed by atoms with E-state index >= 15 is 0 Å². The van der Waals surface area contributed by atoms with Gasteiger partial charge in [0, 0.05) is 18.0 Å². The molecule has 0 bridgehead atoms. The van der Waals surface area contributed by atoms with Gasteiger partial charge in [-0.3, -0.25) is 9.98 Å². The number of phenolic OH excluding ortho intramolecular Hbond substituents is 1. The average molecular weight is 268 g/mol. The van der Waals surface area contributed by atoms with Crippen LogP contribution in [0.3, 0.4) is 0 Å². The van der Waals surface area contributed by atoms with Crippen molar-refractivity contribution >= 4 is 11.9 Å². The van der Waals surface area contributed by atoms with E-state index in [1.807, 2.05) is 31.2 Å². The number of pyridine rings is 1. The molecule has 0 aliphatic rings. The minimum Gasteiger partial charge on any atom is -0.507 e. The van der Waals surface area contributed by atoms with Crippen molar-refractivity contribution in [2.24, 2.45) is 4.99 Å². The Labute approximate surface area is 120 Å². The van der Waals surface area contributed by atoms with Gasteiger partial charge in [-0.05, 0) is 35.6 Å². The largest absolute Gasteiger partial charge is 0.507 e. The first kappa shape index (κ1) is 14.3. The molecule has 20 heavy (non-hydrogen) atoms. The molecule has 1 aromatic carbocycles. The predicted octanol–water partition coefficient (Wildman–Crippen LogP) is 4.14. The van der Waals surface area contributed by atoms with Crippen molar-refractivity contribution < 1.29 is 5.11 Å². The van der Waals surface area contributed by atoms with Gasteiger partial charge in [0.15, 0.2) is 0 Å². The molecule has 0 aliphatic heterocycles. The van der Waals surface area contributed by atoms with Crippen molar-refractivity contribution in [1.29, 1.82) is 0 Å². The van der Waals surface area contributed by atoms with Crippen molar-refractivity contribution in [2.45, 2.75) is 33.1 Å². The van der Waals surface area contributed by atoms with Gasteiger partial charge >= 0.3 is 0 Å². The molecule has 0 unspecified atom stereocenters. The van der Waals surface area contributed by atoms with E-state index < -0.39 is 0 Å². The van der Waals surface area contributed by atoms with Gasteiger partial charge < -0.3 is 5.11 Å². The quantitative estimate of drug-likeness (QED) is 0.832. The van der Waals surface area contributed by atoms with E-state index in [0.29, 0.717) is 5.75 Å². The molecular formula is C17H20N2O. The Bertz CT molecular complexity index is 640. The molecular weight excluding hydrogens is 248 g/mol. The smallest absolute Gasteiger partial charge is 0.128 e. The number of rotatable bonds is 2. The van der Waals surface area contributed by atoms with E-state index in [2.05, 4.69) is 30.7 Å². The van der Waals surface area contributed by atoms with Crippen LogP contribution in [0.15, 0.2) is 41.7 Å². The highest BCUT2D eigenvalue weighted by Crippen LogP contribution is 2.32. The lowest BCUT2D eigenvalue weighted by Crippen LogP contribution is -2.11. The molecule has 104 valence electrons. The SMILES string of the molecule is Cc1cncc(N=Cc2cccc(C(C)(C)C)c2O)c1. The summed E-state index contributed by atoms with van der Waals surface area (Å²) in [5.41, 5.74) is 3.39. The first-order valence-electron chi connectivity index (χ1n) is 6.66. The second-order valence-electron chi connectivity index (χ2n) is 5.97. The summed E-state index contributed by atoms with van der Waals surface area (Å²) in [6, 6.07) is 7.70. The molecule has 0 saturated carbocycles. The minimum absolute atomic E-state index is 0.0984. The second kappa shape index (κ2) is 5.45. The summed E-state index contributed by atoms with van der Waals surface area (Å²) in [5.74, 6) is 0.296. The summed E-state index contributed by atoms with van der Waals surface area (Å²) in [5, 5.41) is 10.4. The number of nitrogens with zero attached hydrogens (tertiary/aromatic N) is 2. The van der Waals surface area contributed by atoms with E-state index in [1.165, 1.54) is 0 Å². The maximum Gasteiger partial charge on any atom is 0.128 e. The topological polar surface area (TPSA) is 45.5 Å². The van der Waals surface area contributed by atoms with Gasteiger partial charge in [0.25, 0.3) is 0 Å². The summed E-state index contributed by atoms with van der Waals surface area (Å²) < 4.78 is 0. The number of para-hydroxylation sites is 1. The summed E-state index contributed by atoms with van der Waals surface area (Å²) >= 11 is 0. The van der Waals surface area contributed by atoms with Crippen LogP contribution in [0.4, 0.5) is 5.69 Å². The zero-order chi connectivity index (χ0) is 14.8. The number of aromatic hydroxyl groups is 1. The summed E-state index contributed by atoms with van der Waals surface area (Å²) in [7, 11) is 0. The summed E-state index contributed by atoms with van der Waals surface area (Å²) in [6.07, 6.45) is 5.17. The van der Waals surface area contributed by atoms with Crippen LogP contribution in [0.5, 0.6) is 5.75 Å². The van der Waals surface area contributed by atoms with Gasteiger partial charge in [-0.1, -0.05) is 32.9 Å². The molecule has 2 rings (SSSR count). The molecule has 2 aromatic rings. The number of aromatic nitrogens is 1. The zero-order valence-electron chi connectivity index (χ0n) is 12.4. The van der Waals surface area contributed by atoms with E-state index in [4.69, 9.17) is 0 Å². The third kappa shape index (κ3) is 3.23. The number of aliphatic imine (C=N–C) groups is 1. The third-order valence-electron chi connectivity index (χ3n) is 3.09. The highest BCUT2D eigenvalue weighted by atomic mass is 16.3. The molecule has 0 radical (unpaired) electrons. The van der Waals surface area contributed by atoms with Crippen molar-refractivity contribution in [3.8, 4) is 5.75 Å². The molecule has 0 amide bonds. The monoisotopic (exact) mass is 268 g/mol. The fourth-order valence-corrected chi connectivity index (χ4v) is 2.02. The maximum absolute atomic E-state index is 10.4. The lowest BCUT2D eigenvalue weighted by atomic mass is 9.85. The Hall–Kier alpha value is -2.16. The number of hydrogen-bond acceptors (Lipinski definition) is 3. The van der Waals surface area contributed by atoms with Gasteiger partial charge in [-0.15, -0.1) is 0 Å². The van der Waals surface area contributed by atoms with Crippen LogP contribution >= 0.6 is 0 Å². The van der Waals surface area contributed by atoms with Crippen LogP contribution in [-0.4, -0.2) is 16.3 Å². The molecule has 0 saturated heterocycles. The Morgan fingerprint density at radius 1 is 1.20 bits per heavy atom. The maximum atomic E-state index is 10.4. The Morgan fingerprint density at radius 2 is 1.95 bits per heavy atom. The lowest BCUT2D eigenvalue weighted by Gasteiger charge is -2.21. The normalized spacial score (nSPS) is 12.0. The highest BCUT2D eigenvalue weighted by molar-refractivity contribution is 5.86. The zero-order valence-corrected chi connectivity index (χ0v) is 12.4. The molecule has 0 fully saturated rings. The summed E-state index contributed by atoms with van der Waals surface area (Å²) in [6.45, 7) is 8.21. The second-order valence-corrected chi connectivity index (χ2v) is 5.97. The van der Waals surface area contributed by atoms with E-state index in [9.17, 15) is 5.11 Å². The number of phenols is 1. The third-order valence-corrected chi connectivity index (χ3v) is 3.09. The molecule has 1 heterocycles. The van der Waals surface area contributed by atoms with Gasteiger partial charge in [-0.2, -0.15) is 0 Å². The first-order valence-corrected chi connectivity index (χ1v) is 6.66. The minimum atomic E-state index is -0.0984. The van der Waals surface area contributed by atoms with Crippen LogP contribution in [0.1, 0.15) is 37.5 Å². The first-order chi connectivity index (χ1) is 9.38. The molecule has 0 atom stereocenters. The predicted molar refractivity (Wildman–Crippen MR) is 83.0 cm³/mol. The molecule has 1 N–H and O–H groups in total. The van der Waals surface area contributed by atoms with Crippen molar-refractivity contribution in [3.63, 3.8) is 0 Å². The van der Waals surface area contributed by atoms with Crippen LogP contribution in [0.2, 0.25) is 0 Å². The Morgan fingerprint density at radius 3 is 2.60 bits per heavy atom. The molecule has 0 aliphatic carbocycles.